The van der Waals surface area contributed by atoms with Gasteiger partial charge in [-0.2, -0.15) is 0 Å². The van der Waals surface area contributed by atoms with Gasteiger partial charge in [-0.25, -0.2) is 8.42 Å². The minimum Gasteiger partial charge on any atom is -0.495 e. The fourth-order valence-electron chi connectivity index (χ4n) is 3.48. The maximum Gasteiger partial charge on any atom is 0.268 e. The highest BCUT2D eigenvalue weighted by molar-refractivity contribution is 7.93. The molecule has 1 amide bonds. The van der Waals surface area contributed by atoms with Crippen LogP contribution in [0.5, 0.6) is 11.5 Å². The van der Waals surface area contributed by atoms with E-state index in [-0.39, 0.29) is 27.4 Å². The molecule has 0 saturated carbocycles. The Balaban J connectivity index is 2.00. The first-order valence-electron chi connectivity index (χ1n) is 10.6. The Morgan fingerprint density at radius 2 is 1.60 bits per heavy atom. The average Bonchev–Trinajstić information content (AvgIpc) is 2.82. The van der Waals surface area contributed by atoms with E-state index in [2.05, 4.69) is 5.32 Å². The molecule has 3 aromatic rings. The fourth-order valence-corrected chi connectivity index (χ4v) is 5.52. The molecular formula is C25H26Cl2N2O5S. The Morgan fingerprint density at radius 3 is 2.20 bits per heavy atom. The van der Waals surface area contributed by atoms with E-state index < -0.39 is 22.5 Å². The van der Waals surface area contributed by atoms with Gasteiger partial charge in [0.1, 0.15) is 22.9 Å². The zero-order valence-corrected chi connectivity index (χ0v) is 22.0. The van der Waals surface area contributed by atoms with Crippen molar-refractivity contribution in [2.75, 3.05) is 25.1 Å². The van der Waals surface area contributed by atoms with Crippen LogP contribution in [0.4, 0.5) is 5.69 Å². The highest BCUT2D eigenvalue weighted by atomic mass is 35.5. The van der Waals surface area contributed by atoms with Crippen LogP contribution in [0.25, 0.3) is 0 Å². The maximum atomic E-state index is 13.8. The monoisotopic (exact) mass is 536 g/mol. The predicted molar refractivity (Wildman–Crippen MR) is 138 cm³/mol. The van der Waals surface area contributed by atoms with Crippen LogP contribution in [0.1, 0.15) is 24.1 Å². The third kappa shape index (κ3) is 6.20. The lowest BCUT2D eigenvalue weighted by Crippen LogP contribution is -2.41. The molecule has 0 heterocycles. The normalized spacial score (nSPS) is 12.1. The second-order valence-corrected chi connectivity index (χ2v) is 10.5. The van der Waals surface area contributed by atoms with Crippen LogP contribution in [0, 0.1) is 6.92 Å². The van der Waals surface area contributed by atoms with Gasteiger partial charge in [-0.05, 0) is 67.4 Å². The summed E-state index contributed by atoms with van der Waals surface area (Å²) in [5, 5.41) is 3.62. The van der Waals surface area contributed by atoms with Gasteiger partial charge in [-0.15, -0.1) is 0 Å². The van der Waals surface area contributed by atoms with Gasteiger partial charge in [-0.3, -0.25) is 9.10 Å². The lowest BCUT2D eigenvalue weighted by molar-refractivity contribution is -0.120. The van der Waals surface area contributed by atoms with Gasteiger partial charge >= 0.3 is 0 Å². The molecule has 35 heavy (non-hydrogen) atoms. The fraction of sp³-hybridized carbons (Fsp3) is 0.240. The van der Waals surface area contributed by atoms with Crippen molar-refractivity contribution in [2.45, 2.75) is 24.8 Å². The lowest BCUT2D eigenvalue weighted by atomic mass is 10.1. The number of halogens is 2. The largest absolute Gasteiger partial charge is 0.495 e. The molecule has 7 nitrogen and oxygen atoms in total. The summed E-state index contributed by atoms with van der Waals surface area (Å²) in [5.74, 6) is 0.0337. The van der Waals surface area contributed by atoms with E-state index >= 15 is 0 Å². The van der Waals surface area contributed by atoms with E-state index in [0.717, 1.165) is 15.4 Å². The molecule has 0 saturated heterocycles. The number of carbonyl (C=O) groups is 1. The van der Waals surface area contributed by atoms with Gasteiger partial charge in [0.05, 0.1) is 31.0 Å². The first kappa shape index (κ1) is 26.7. The van der Waals surface area contributed by atoms with Crippen molar-refractivity contribution in [3.8, 4) is 11.5 Å². The van der Waals surface area contributed by atoms with E-state index in [0.29, 0.717) is 10.8 Å². The molecule has 3 rings (SSSR count). The molecule has 10 heteroatoms. The SMILES string of the molecule is COc1ccc(N(CC(=O)N[C@H](C)c2ccc(Cl)cc2)S(=O)(=O)c2cc(C)ccc2OC)cc1Cl. The molecular weight excluding hydrogens is 511 g/mol. The number of nitrogens with zero attached hydrogens (tertiary/aromatic N) is 1. The number of sulfonamides is 1. The standard InChI is InChI=1S/C25H26Cl2N2O5S/c1-16-5-11-23(34-4)24(13-16)35(31,32)29(20-10-12-22(33-3)21(27)14-20)15-25(30)28-17(2)18-6-8-19(26)9-7-18/h5-14,17H,15H2,1-4H3,(H,28,30)/t17-/m1/s1. The number of hydrogen-bond acceptors (Lipinski definition) is 5. The first-order chi connectivity index (χ1) is 16.6. The summed E-state index contributed by atoms with van der Waals surface area (Å²) in [7, 11) is -1.38. The number of aryl methyl sites for hydroxylation is 1. The molecule has 0 radical (unpaired) electrons. The number of ether oxygens (including phenoxy) is 2. The van der Waals surface area contributed by atoms with E-state index in [4.69, 9.17) is 32.7 Å². The molecule has 0 aromatic heterocycles. The highest BCUT2D eigenvalue weighted by Gasteiger charge is 2.31. The van der Waals surface area contributed by atoms with Crippen LogP contribution in [-0.2, 0) is 14.8 Å². The second-order valence-electron chi connectivity index (χ2n) is 7.83. The van der Waals surface area contributed by atoms with Crippen molar-refractivity contribution in [1.82, 2.24) is 5.32 Å². The van der Waals surface area contributed by atoms with Crippen molar-refractivity contribution < 1.29 is 22.7 Å². The summed E-state index contributed by atoms with van der Waals surface area (Å²) >= 11 is 12.2. The van der Waals surface area contributed by atoms with Crippen LogP contribution in [0.3, 0.4) is 0 Å². The van der Waals surface area contributed by atoms with Crippen molar-refractivity contribution in [2.24, 2.45) is 0 Å². The van der Waals surface area contributed by atoms with Gasteiger partial charge in [0.25, 0.3) is 10.0 Å². The van der Waals surface area contributed by atoms with Crippen molar-refractivity contribution >= 4 is 44.8 Å². The van der Waals surface area contributed by atoms with Crippen molar-refractivity contribution in [1.29, 1.82) is 0 Å². The van der Waals surface area contributed by atoms with E-state index in [1.807, 2.05) is 0 Å². The van der Waals surface area contributed by atoms with Crippen LogP contribution < -0.4 is 19.1 Å². The zero-order valence-electron chi connectivity index (χ0n) is 19.7. The molecule has 0 bridgehead atoms. The molecule has 1 atom stereocenters. The minimum atomic E-state index is -4.23. The van der Waals surface area contributed by atoms with Gasteiger partial charge < -0.3 is 14.8 Å². The number of hydrogen-bond donors (Lipinski definition) is 1. The molecule has 0 aliphatic carbocycles. The van der Waals surface area contributed by atoms with Gasteiger partial charge in [0.2, 0.25) is 5.91 Å². The number of carbonyl (C=O) groups excluding carboxylic acids is 1. The summed E-state index contributed by atoms with van der Waals surface area (Å²) < 4.78 is 39.2. The van der Waals surface area contributed by atoms with E-state index in [1.165, 1.54) is 32.4 Å². The number of methoxy groups -OCH3 is 2. The molecule has 3 aromatic carbocycles. The maximum absolute atomic E-state index is 13.8. The Labute approximate surface area is 215 Å². The second kappa shape index (κ2) is 11.2. The molecule has 0 aliphatic rings. The molecule has 0 spiro atoms. The van der Waals surface area contributed by atoms with Crippen LogP contribution >= 0.6 is 23.2 Å². The smallest absolute Gasteiger partial charge is 0.268 e. The summed E-state index contributed by atoms with van der Waals surface area (Å²) in [6, 6.07) is 16.0. The Bertz CT molecular complexity index is 1310. The van der Waals surface area contributed by atoms with Gasteiger partial charge in [0.15, 0.2) is 0 Å². The molecule has 0 unspecified atom stereocenters. The predicted octanol–water partition coefficient (Wildman–Crippen LogP) is 5.39. The van der Waals surface area contributed by atoms with E-state index in [1.54, 1.807) is 56.3 Å². The molecule has 0 aliphatic heterocycles. The number of nitrogens with one attached hydrogen (secondary N) is 1. The number of anilines is 1. The topological polar surface area (TPSA) is 84.9 Å². The first-order valence-corrected chi connectivity index (χ1v) is 12.8. The van der Waals surface area contributed by atoms with Gasteiger partial charge in [0, 0.05) is 5.02 Å². The lowest BCUT2D eigenvalue weighted by Gasteiger charge is -2.26. The Hall–Kier alpha value is -2.94. The third-order valence-corrected chi connectivity index (χ3v) is 7.69. The van der Waals surface area contributed by atoms with Crippen LogP contribution in [-0.4, -0.2) is 35.1 Å². The molecule has 0 fully saturated rings. The molecule has 1 N–H and O–H groups in total. The summed E-state index contributed by atoms with van der Waals surface area (Å²) in [6.45, 7) is 3.08. The zero-order chi connectivity index (χ0) is 25.8. The van der Waals surface area contributed by atoms with Gasteiger partial charge in [-0.1, -0.05) is 41.4 Å². The summed E-state index contributed by atoms with van der Waals surface area (Å²) in [6.07, 6.45) is 0. The highest BCUT2D eigenvalue weighted by Crippen LogP contribution is 2.34. The van der Waals surface area contributed by atoms with Crippen molar-refractivity contribution in [3.63, 3.8) is 0 Å². The number of amides is 1. The third-order valence-electron chi connectivity index (χ3n) is 5.35. The minimum absolute atomic E-state index is 0.0644. The quantitative estimate of drug-likeness (QED) is 0.396. The van der Waals surface area contributed by atoms with E-state index in [9.17, 15) is 13.2 Å². The summed E-state index contributed by atoms with van der Waals surface area (Å²) in [4.78, 5) is 13.0. The van der Waals surface area contributed by atoms with Crippen molar-refractivity contribution in [3.05, 3.63) is 81.8 Å². The Morgan fingerprint density at radius 1 is 0.971 bits per heavy atom. The summed E-state index contributed by atoms with van der Waals surface area (Å²) in [5.41, 5.74) is 1.75. The molecule has 186 valence electrons. The number of rotatable bonds is 9. The van der Waals surface area contributed by atoms with Crippen LogP contribution in [0.15, 0.2) is 65.6 Å². The Kier molecular flexibility index (Phi) is 8.53. The number of benzene rings is 3. The van der Waals surface area contributed by atoms with Crippen LogP contribution in [0.2, 0.25) is 10.0 Å². The average molecular weight is 537 g/mol.